The van der Waals surface area contributed by atoms with Crippen molar-refractivity contribution in [2.75, 3.05) is 11.9 Å². The number of fused-ring (bicyclic) bond motifs is 2. The van der Waals surface area contributed by atoms with Crippen LogP contribution in [-0.2, 0) is 19.4 Å². The van der Waals surface area contributed by atoms with E-state index in [4.69, 9.17) is 0 Å². The Morgan fingerprint density at radius 2 is 1.72 bits per heavy atom. The average molecular weight is 340 g/mol. The van der Waals surface area contributed by atoms with Crippen LogP contribution in [0.25, 0.3) is 11.0 Å². The van der Waals surface area contributed by atoms with E-state index in [1.54, 1.807) is 36.2 Å². The highest BCUT2D eigenvalue weighted by molar-refractivity contribution is 5.71. The zero-order valence-corrected chi connectivity index (χ0v) is 13.8. The maximum absolute atomic E-state index is 13.0. The molecular formula is C18H17FN4O2. The molecule has 0 unspecified atom stereocenters. The van der Waals surface area contributed by atoms with E-state index in [9.17, 15) is 14.8 Å². The van der Waals surface area contributed by atoms with Crippen LogP contribution in [-0.4, -0.2) is 12.1 Å². The summed E-state index contributed by atoms with van der Waals surface area (Å²) in [6.07, 6.45) is 2.89. The largest absolute Gasteiger partial charge is 0.739 e. The molecule has 0 spiro atoms. The summed E-state index contributed by atoms with van der Waals surface area (Å²) in [5, 5.41) is 29.0. The van der Waals surface area contributed by atoms with Crippen molar-refractivity contribution in [1.29, 1.82) is 0 Å². The summed E-state index contributed by atoms with van der Waals surface area (Å²) in [7, 11) is 1.68. The van der Waals surface area contributed by atoms with Crippen LogP contribution in [0.2, 0.25) is 0 Å². The second kappa shape index (κ2) is 5.84. The Labute approximate surface area is 143 Å². The molecule has 7 heteroatoms. The molecule has 1 heterocycles. The number of hydrogen-bond donors (Lipinski definition) is 0. The van der Waals surface area contributed by atoms with Gasteiger partial charge in [-0.25, -0.2) is 9.12 Å². The van der Waals surface area contributed by atoms with E-state index < -0.39 is 0 Å². The highest BCUT2D eigenvalue weighted by Gasteiger charge is 2.26. The smallest absolute Gasteiger partial charge is 0.463 e. The minimum Gasteiger partial charge on any atom is -0.739 e. The molecule has 0 saturated carbocycles. The van der Waals surface area contributed by atoms with Crippen molar-refractivity contribution in [2.45, 2.75) is 25.8 Å². The van der Waals surface area contributed by atoms with Gasteiger partial charge in [0.25, 0.3) is 5.52 Å². The molecule has 0 saturated heterocycles. The maximum atomic E-state index is 13.0. The van der Waals surface area contributed by atoms with Crippen LogP contribution >= 0.6 is 0 Å². The van der Waals surface area contributed by atoms with Gasteiger partial charge < -0.3 is 10.4 Å². The molecule has 0 amide bonds. The quantitative estimate of drug-likeness (QED) is 0.538. The lowest BCUT2D eigenvalue weighted by Gasteiger charge is -2.16. The van der Waals surface area contributed by atoms with E-state index in [2.05, 4.69) is 5.10 Å². The first-order valence-electron chi connectivity index (χ1n) is 8.17. The first-order valence-corrected chi connectivity index (χ1v) is 8.17. The van der Waals surface area contributed by atoms with Crippen LogP contribution in [0.4, 0.5) is 10.3 Å². The molecule has 4 rings (SSSR count). The molecule has 0 bridgehead atoms. The van der Waals surface area contributed by atoms with Crippen LogP contribution in [0.1, 0.15) is 23.1 Å². The van der Waals surface area contributed by atoms with Gasteiger partial charge in [-0.3, -0.25) is 4.90 Å². The van der Waals surface area contributed by atoms with Crippen molar-refractivity contribution < 1.29 is 14.0 Å². The molecule has 3 aromatic rings. The molecule has 6 nitrogen and oxygen atoms in total. The Balaban J connectivity index is 1.75. The van der Waals surface area contributed by atoms with Gasteiger partial charge in [-0.1, -0.05) is 12.1 Å². The van der Waals surface area contributed by atoms with Crippen molar-refractivity contribution in [2.24, 2.45) is 0 Å². The fourth-order valence-corrected chi connectivity index (χ4v) is 3.36. The van der Waals surface area contributed by atoms with Crippen molar-refractivity contribution in [3.63, 3.8) is 0 Å². The molecule has 2 aromatic carbocycles. The van der Waals surface area contributed by atoms with Gasteiger partial charge in [0.2, 0.25) is 5.10 Å². The monoisotopic (exact) mass is 340 g/mol. The highest BCUT2D eigenvalue weighted by atomic mass is 19.1. The van der Waals surface area contributed by atoms with Gasteiger partial charge in [0.05, 0.1) is 13.6 Å². The van der Waals surface area contributed by atoms with Crippen molar-refractivity contribution in [3.8, 4) is 0 Å². The average Bonchev–Trinajstić information content (AvgIpc) is 3.06. The van der Waals surface area contributed by atoms with E-state index >= 15 is 0 Å². The first-order chi connectivity index (χ1) is 12.0. The van der Waals surface area contributed by atoms with Gasteiger partial charge in [0.1, 0.15) is 5.82 Å². The minimum atomic E-state index is -0.319. The highest BCUT2D eigenvalue weighted by Crippen LogP contribution is 2.25. The molecule has 0 N–H and O–H groups in total. The van der Waals surface area contributed by atoms with Gasteiger partial charge in [-0.2, -0.15) is 0 Å². The van der Waals surface area contributed by atoms with Crippen LogP contribution in [0.15, 0.2) is 36.4 Å². The molecule has 0 radical (unpaired) electrons. The third kappa shape index (κ3) is 2.71. The summed E-state index contributed by atoms with van der Waals surface area (Å²) in [5.41, 5.74) is 3.67. The van der Waals surface area contributed by atoms with E-state index in [0.29, 0.717) is 21.6 Å². The molecule has 128 valence electrons. The second-order valence-electron chi connectivity index (χ2n) is 6.41. The van der Waals surface area contributed by atoms with Crippen LogP contribution in [0.3, 0.4) is 0 Å². The zero-order valence-electron chi connectivity index (χ0n) is 13.8. The summed E-state index contributed by atoms with van der Waals surface area (Å²) < 4.78 is 13.7. The number of benzene rings is 2. The van der Waals surface area contributed by atoms with Crippen LogP contribution < -0.4 is 14.5 Å². The number of nitrogens with zero attached hydrogens (tertiary/aromatic N) is 4. The van der Waals surface area contributed by atoms with Gasteiger partial charge in [0.15, 0.2) is 5.52 Å². The Kier molecular flexibility index (Phi) is 3.63. The SMILES string of the molecule is CN(Cc1ccc(F)cc1)c1n[n+]([O-])c2cc3c(cc2[n+]1[O-])CCC3. The van der Waals surface area contributed by atoms with E-state index in [0.717, 1.165) is 36.0 Å². The first kappa shape index (κ1) is 15.6. The van der Waals surface area contributed by atoms with Crippen molar-refractivity contribution in [1.82, 2.24) is 5.10 Å². The predicted molar refractivity (Wildman–Crippen MR) is 90.2 cm³/mol. The number of rotatable bonds is 3. The Hall–Kier alpha value is -2.96. The van der Waals surface area contributed by atoms with E-state index in [-0.39, 0.29) is 17.3 Å². The Bertz CT molecular complexity index is 960. The number of halogens is 1. The third-order valence-corrected chi connectivity index (χ3v) is 4.65. The third-order valence-electron chi connectivity index (χ3n) is 4.65. The van der Waals surface area contributed by atoms with E-state index in [1.807, 2.05) is 0 Å². The van der Waals surface area contributed by atoms with E-state index in [1.165, 1.54) is 12.1 Å². The predicted octanol–water partition coefficient (Wildman–Crippen LogP) is 1.77. The second-order valence-corrected chi connectivity index (χ2v) is 6.41. The lowest BCUT2D eigenvalue weighted by Crippen LogP contribution is -2.46. The van der Waals surface area contributed by atoms with Gasteiger partial charge in [-0.05, 0) is 54.2 Å². The molecule has 25 heavy (non-hydrogen) atoms. The van der Waals surface area contributed by atoms with Gasteiger partial charge in [0, 0.05) is 10.9 Å². The lowest BCUT2D eigenvalue weighted by atomic mass is 10.1. The Morgan fingerprint density at radius 1 is 1.08 bits per heavy atom. The molecule has 0 aliphatic heterocycles. The summed E-state index contributed by atoms with van der Waals surface area (Å²) >= 11 is 0. The molecular weight excluding hydrogens is 323 g/mol. The summed E-state index contributed by atoms with van der Waals surface area (Å²) in [4.78, 5) is 2.10. The van der Waals surface area contributed by atoms with Crippen LogP contribution in [0, 0.1) is 16.2 Å². The summed E-state index contributed by atoms with van der Waals surface area (Å²) in [6, 6.07) is 9.57. The van der Waals surface area contributed by atoms with Crippen molar-refractivity contribution in [3.05, 3.63) is 69.3 Å². The number of aromatic nitrogens is 3. The standard InChI is InChI=1S/C18H17FN4O2/c1-21(11-12-5-7-15(19)8-6-12)18-20-23(25)17-10-14-4-2-3-13(14)9-16(17)22(18)24/h5-10H,2-4,11H2,1H3. The maximum Gasteiger partial charge on any atom is 0.463 e. The van der Waals surface area contributed by atoms with Gasteiger partial charge in [-0.15, -0.1) is 0 Å². The molecule has 1 aliphatic carbocycles. The van der Waals surface area contributed by atoms with Crippen LogP contribution in [0.5, 0.6) is 0 Å². The number of aryl methyl sites for hydroxylation is 2. The topological polar surface area (TPSA) is 70.0 Å². The number of anilines is 1. The molecule has 0 atom stereocenters. The number of hydrogen-bond acceptors (Lipinski definition) is 4. The summed E-state index contributed by atoms with van der Waals surface area (Å²) in [6.45, 7) is 0.339. The Morgan fingerprint density at radius 3 is 2.40 bits per heavy atom. The fraction of sp³-hybridized carbons (Fsp3) is 0.278. The zero-order chi connectivity index (χ0) is 17.6. The normalized spacial score (nSPS) is 13.2. The minimum absolute atomic E-state index is 0.0183. The summed E-state index contributed by atoms with van der Waals surface area (Å²) in [5.74, 6) is -0.301. The molecule has 0 fully saturated rings. The fourth-order valence-electron chi connectivity index (χ4n) is 3.36. The molecule has 1 aliphatic rings. The lowest BCUT2D eigenvalue weighted by molar-refractivity contribution is -0.673. The van der Waals surface area contributed by atoms with Gasteiger partial charge >= 0.3 is 5.95 Å². The molecule has 1 aromatic heterocycles. The van der Waals surface area contributed by atoms with Crippen molar-refractivity contribution >= 4 is 17.0 Å².